The van der Waals surface area contributed by atoms with Crippen LogP contribution in [0, 0.1) is 0 Å². The van der Waals surface area contributed by atoms with Crippen molar-refractivity contribution in [2.24, 2.45) is 0 Å². The Hall–Kier alpha value is -2.88. The Balaban J connectivity index is 2.28. The molecule has 0 aliphatic carbocycles. The monoisotopic (exact) mass is 267 g/mol. The standard InChI is InChI=1S/C16H13NO3/c18-15(19)10-11-17-14-9-5-4-8-13(14)16(20)12-6-2-1-3-7-12/h1-11,17H,(H,18,19). The Bertz CT molecular complexity index is 648. The van der Waals surface area contributed by atoms with Crippen molar-refractivity contribution in [3.8, 4) is 0 Å². The molecular formula is C16H13NO3. The molecule has 4 heteroatoms. The molecule has 0 bridgehead atoms. The van der Waals surface area contributed by atoms with Crippen LogP contribution in [-0.2, 0) is 4.79 Å². The van der Waals surface area contributed by atoms with Crippen LogP contribution in [0.25, 0.3) is 0 Å². The van der Waals surface area contributed by atoms with Crippen molar-refractivity contribution < 1.29 is 14.7 Å². The van der Waals surface area contributed by atoms with Crippen molar-refractivity contribution in [2.45, 2.75) is 0 Å². The first-order valence-electron chi connectivity index (χ1n) is 6.03. The molecule has 0 aliphatic rings. The Morgan fingerprint density at radius 3 is 2.30 bits per heavy atom. The van der Waals surface area contributed by atoms with E-state index in [2.05, 4.69) is 5.32 Å². The van der Waals surface area contributed by atoms with Gasteiger partial charge in [0.25, 0.3) is 0 Å². The lowest BCUT2D eigenvalue weighted by atomic mass is 10.0. The van der Waals surface area contributed by atoms with Crippen LogP contribution in [0.5, 0.6) is 0 Å². The predicted octanol–water partition coefficient (Wildman–Crippen LogP) is 2.93. The normalized spacial score (nSPS) is 10.4. The van der Waals surface area contributed by atoms with E-state index in [0.717, 1.165) is 6.08 Å². The third-order valence-corrected chi connectivity index (χ3v) is 2.67. The number of para-hydroxylation sites is 1. The van der Waals surface area contributed by atoms with Crippen molar-refractivity contribution in [1.29, 1.82) is 0 Å². The van der Waals surface area contributed by atoms with Crippen LogP contribution < -0.4 is 5.32 Å². The lowest BCUT2D eigenvalue weighted by Crippen LogP contribution is -2.05. The fraction of sp³-hybridized carbons (Fsp3) is 0. The number of hydrogen-bond acceptors (Lipinski definition) is 3. The van der Waals surface area contributed by atoms with Gasteiger partial charge in [-0.15, -0.1) is 0 Å². The van der Waals surface area contributed by atoms with Crippen molar-refractivity contribution in [2.75, 3.05) is 5.32 Å². The summed E-state index contributed by atoms with van der Waals surface area (Å²) < 4.78 is 0. The molecule has 0 heterocycles. The zero-order valence-corrected chi connectivity index (χ0v) is 10.6. The summed E-state index contributed by atoms with van der Waals surface area (Å²) in [6.07, 6.45) is 2.27. The largest absolute Gasteiger partial charge is 0.478 e. The molecule has 0 aromatic heterocycles. The van der Waals surface area contributed by atoms with Crippen molar-refractivity contribution in [1.82, 2.24) is 0 Å². The first-order valence-corrected chi connectivity index (χ1v) is 6.03. The van der Waals surface area contributed by atoms with E-state index in [9.17, 15) is 9.59 Å². The van der Waals surface area contributed by atoms with Gasteiger partial charge in [0, 0.05) is 29.1 Å². The molecule has 0 atom stereocenters. The molecule has 0 fully saturated rings. The first-order chi connectivity index (χ1) is 9.68. The van der Waals surface area contributed by atoms with Gasteiger partial charge in [-0.05, 0) is 12.1 Å². The second-order valence-electron chi connectivity index (χ2n) is 4.06. The zero-order chi connectivity index (χ0) is 14.4. The number of rotatable bonds is 5. The summed E-state index contributed by atoms with van der Waals surface area (Å²) in [4.78, 5) is 22.8. The van der Waals surface area contributed by atoms with E-state index in [1.54, 1.807) is 48.5 Å². The molecule has 20 heavy (non-hydrogen) atoms. The zero-order valence-electron chi connectivity index (χ0n) is 10.6. The van der Waals surface area contributed by atoms with E-state index in [1.165, 1.54) is 6.20 Å². The van der Waals surface area contributed by atoms with Crippen LogP contribution >= 0.6 is 0 Å². The molecule has 2 N–H and O–H groups in total. The maximum atomic E-state index is 12.4. The molecule has 0 aliphatic heterocycles. The maximum absolute atomic E-state index is 12.4. The first kappa shape index (κ1) is 13.5. The van der Waals surface area contributed by atoms with Crippen LogP contribution in [0.4, 0.5) is 5.69 Å². The van der Waals surface area contributed by atoms with Gasteiger partial charge in [-0.25, -0.2) is 4.79 Å². The minimum absolute atomic E-state index is 0.113. The van der Waals surface area contributed by atoms with E-state index >= 15 is 0 Å². The summed E-state index contributed by atoms with van der Waals surface area (Å²) in [7, 11) is 0. The molecule has 0 unspecified atom stereocenters. The Kier molecular flexibility index (Phi) is 4.29. The second kappa shape index (κ2) is 6.33. The number of nitrogens with one attached hydrogen (secondary N) is 1. The molecule has 0 saturated heterocycles. The Morgan fingerprint density at radius 1 is 0.950 bits per heavy atom. The number of carbonyl (C=O) groups is 2. The van der Waals surface area contributed by atoms with Gasteiger partial charge < -0.3 is 10.4 Å². The number of carboxylic acids is 1. The van der Waals surface area contributed by atoms with Gasteiger partial charge in [-0.2, -0.15) is 0 Å². The highest BCUT2D eigenvalue weighted by Crippen LogP contribution is 2.19. The van der Waals surface area contributed by atoms with Gasteiger partial charge in [0.15, 0.2) is 5.78 Å². The molecule has 2 aromatic rings. The molecule has 2 rings (SSSR count). The SMILES string of the molecule is O=C(O)C=CNc1ccccc1C(=O)c1ccccc1. The fourth-order valence-electron chi connectivity index (χ4n) is 1.75. The summed E-state index contributed by atoms with van der Waals surface area (Å²) in [5, 5.41) is 11.4. The van der Waals surface area contributed by atoms with Gasteiger partial charge in [-0.1, -0.05) is 42.5 Å². The van der Waals surface area contributed by atoms with Gasteiger partial charge in [-0.3, -0.25) is 4.79 Å². The quantitative estimate of drug-likeness (QED) is 0.645. The number of aliphatic carboxylic acids is 1. The predicted molar refractivity (Wildman–Crippen MR) is 76.7 cm³/mol. The highest BCUT2D eigenvalue weighted by atomic mass is 16.4. The van der Waals surface area contributed by atoms with E-state index in [-0.39, 0.29) is 5.78 Å². The minimum Gasteiger partial charge on any atom is -0.478 e. The third kappa shape index (κ3) is 3.32. The topological polar surface area (TPSA) is 66.4 Å². The average molecular weight is 267 g/mol. The highest BCUT2D eigenvalue weighted by Gasteiger charge is 2.12. The van der Waals surface area contributed by atoms with Gasteiger partial charge >= 0.3 is 5.97 Å². The Morgan fingerprint density at radius 2 is 1.60 bits per heavy atom. The van der Waals surface area contributed by atoms with Crippen LogP contribution in [0.3, 0.4) is 0 Å². The summed E-state index contributed by atoms with van der Waals surface area (Å²) in [5.74, 6) is -1.17. The lowest BCUT2D eigenvalue weighted by molar-refractivity contribution is -0.131. The molecule has 100 valence electrons. The number of carbonyl (C=O) groups excluding carboxylic acids is 1. The number of hydrogen-bond donors (Lipinski definition) is 2. The van der Waals surface area contributed by atoms with Gasteiger partial charge in [0.05, 0.1) is 0 Å². The van der Waals surface area contributed by atoms with Crippen molar-refractivity contribution >= 4 is 17.4 Å². The molecule has 0 radical (unpaired) electrons. The number of anilines is 1. The average Bonchev–Trinajstić information content (AvgIpc) is 2.47. The molecule has 4 nitrogen and oxygen atoms in total. The third-order valence-electron chi connectivity index (χ3n) is 2.67. The van der Waals surface area contributed by atoms with Crippen molar-refractivity contribution in [3.05, 3.63) is 78.0 Å². The minimum atomic E-state index is -1.05. The maximum Gasteiger partial charge on any atom is 0.329 e. The number of carboxylic acid groups (broad SMARTS) is 1. The number of benzene rings is 2. The van der Waals surface area contributed by atoms with Crippen LogP contribution in [0.2, 0.25) is 0 Å². The fourth-order valence-corrected chi connectivity index (χ4v) is 1.75. The van der Waals surface area contributed by atoms with Gasteiger partial charge in [0.1, 0.15) is 0 Å². The summed E-state index contributed by atoms with van der Waals surface area (Å²) in [6, 6.07) is 15.9. The van der Waals surface area contributed by atoms with Crippen LogP contribution in [0.15, 0.2) is 66.9 Å². The van der Waals surface area contributed by atoms with E-state index in [1.807, 2.05) is 6.07 Å². The molecule has 0 spiro atoms. The number of ketones is 1. The van der Waals surface area contributed by atoms with Crippen LogP contribution in [0.1, 0.15) is 15.9 Å². The molecule has 0 amide bonds. The molecule has 0 saturated carbocycles. The summed E-state index contributed by atoms with van der Waals surface area (Å²) in [6.45, 7) is 0. The molecular weight excluding hydrogens is 254 g/mol. The Labute approximate surface area is 116 Å². The smallest absolute Gasteiger partial charge is 0.329 e. The van der Waals surface area contributed by atoms with Crippen LogP contribution in [-0.4, -0.2) is 16.9 Å². The molecule has 2 aromatic carbocycles. The van der Waals surface area contributed by atoms with Crippen molar-refractivity contribution in [3.63, 3.8) is 0 Å². The summed E-state index contributed by atoms with van der Waals surface area (Å²) in [5.41, 5.74) is 1.65. The summed E-state index contributed by atoms with van der Waals surface area (Å²) >= 11 is 0. The van der Waals surface area contributed by atoms with E-state index < -0.39 is 5.97 Å². The van der Waals surface area contributed by atoms with E-state index in [0.29, 0.717) is 16.8 Å². The lowest BCUT2D eigenvalue weighted by Gasteiger charge is -2.08. The highest BCUT2D eigenvalue weighted by molar-refractivity contribution is 6.12. The second-order valence-corrected chi connectivity index (χ2v) is 4.06. The van der Waals surface area contributed by atoms with E-state index in [4.69, 9.17) is 5.11 Å². The van der Waals surface area contributed by atoms with Gasteiger partial charge in [0.2, 0.25) is 0 Å².